The molecule has 2 N–H and O–H groups in total. The van der Waals surface area contributed by atoms with Crippen LogP contribution in [0.4, 0.5) is 5.69 Å². The number of carbonyl (C=O) groups is 3. The predicted molar refractivity (Wildman–Crippen MR) is 117 cm³/mol. The number of hydrogen-bond donors (Lipinski definition) is 2. The standard InChI is InChI=1S/C23H24N4O4/c1-17(28)26-13-15-27(16-14-26)21-8-3-2-7-20(21)22(29)11-9-18-5-4-6-19(24-18)10-12-23(30)25-31/h2-12,31H,13-16H2,1H3,(H,25,30)/b11-9+,12-10+. The molecular weight excluding hydrogens is 396 g/mol. The number of aromatic nitrogens is 1. The SMILES string of the molecule is CC(=O)N1CCN(c2ccccc2C(=O)/C=C/c2cccc(/C=C/C(=O)NO)n2)CC1. The topological polar surface area (TPSA) is 103 Å². The lowest BCUT2D eigenvalue weighted by molar-refractivity contribution is -0.129. The maximum atomic E-state index is 12.9. The fourth-order valence-electron chi connectivity index (χ4n) is 3.32. The zero-order chi connectivity index (χ0) is 22.2. The van der Waals surface area contributed by atoms with E-state index in [4.69, 9.17) is 5.21 Å². The van der Waals surface area contributed by atoms with Gasteiger partial charge in [-0.2, -0.15) is 0 Å². The normalized spacial score (nSPS) is 14.3. The van der Waals surface area contributed by atoms with E-state index in [1.807, 2.05) is 18.2 Å². The monoisotopic (exact) mass is 420 g/mol. The van der Waals surface area contributed by atoms with Gasteiger partial charge in [-0.15, -0.1) is 0 Å². The number of hydroxylamine groups is 1. The summed E-state index contributed by atoms with van der Waals surface area (Å²) < 4.78 is 0. The van der Waals surface area contributed by atoms with Crippen LogP contribution < -0.4 is 10.4 Å². The molecule has 3 rings (SSSR count). The van der Waals surface area contributed by atoms with Crippen LogP contribution in [0.2, 0.25) is 0 Å². The lowest BCUT2D eigenvalue weighted by Gasteiger charge is -2.36. The molecule has 1 saturated heterocycles. The van der Waals surface area contributed by atoms with Crippen LogP contribution in [0, 0.1) is 0 Å². The molecule has 2 heterocycles. The predicted octanol–water partition coefficient (Wildman–Crippen LogP) is 2.16. The number of nitrogens with one attached hydrogen (secondary N) is 1. The van der Waals surface area contributed by atoms with E-state index < -0.39 is 5.91 Å². The number of benzene rings is 1. The summed E-state index contributed by atoms with van der Waals surface area (Å²) >= 11 is 0. The second-order valence-electron chi connectivity index (χ2n) is 7.00. The quantitative estimate of drug-likeness (QED) is 0.321. The summed E-state index contributed by atoms with van der Waals surface area (Å²) in [7, 11) is 0. The molecule has 0 aliphatic carbocycles. The molecule has 1 aromatic heterocycles. The van der Waals surface area contributed by atoms with Gasteiger partial charge in [0.05, 0.1) is 11.4 Å². The van der Waals surface area contributed by atoms with Crippen molar-refractivity contribution in [1.29, 1.82) is 0 Å². The maximum absolute atomic E-state index is 12.9. The average molecular weight is 420 g/mol. The Balaban J connectivity index is 1.73. The minimum atomic E-state index is -0.654. The van der Waals surface area contributed by atoms with E-state index in [1.54, 1.807) is 42.2 Å². The summed E-state index contributed by atoms with van der Waals surface area (Å²) in [5, 5.41) is 8.53. The molecule has 8 nitrogen and oxygen atoms in total. The Hall–Kier alpha value is -3.78. The molecule has 2 amide bonds. The second-order valence-corrected chi connectivity index (χ2v) is 7.00. The lowest BCUT2D eigenvalue weighted by atomic mass is 10.1. The van der Waals surface area contributed by atoms with Crippen LogP contribution >= 0.6 is 0 Å². The largest absolute Gasteiger partial charge is 0.367 e. The Kier molecular flexibility index (Phi) is 7.29. The number of pyridine rings is 1. The summed E-state index contributed by atoms with van der Waals surface area (Å²) in [6.07, 6.45) is 5.71. The first-order valence-electron chi connectivity index (χ1n) is 9.89. The van der Waals surface area contributed by atoms with Crippen LogP contribution in [0.25, 0.3) is 12.2 Å². The first-order valence-corrected chi connectivity index (χ1v) is 9.89. The van der Waals surface area contributed by atoms with E-state index in [0.29, 0.717) is 43.1 Å². The molecule has 1 fully saturated rings. The fraction of sp³-hybridized carbons (Fsp3) is 0.217. The Morgan fingerprint density at radius 3 is 2.23 bits per heavy atom. The molecule has 0 spiro atoms. The molecule has 1 aromatic carbocycles. The molecular formula is C23H24N4O4. The third-order valence-electron chi connectivity index (χ3n) is 4.95. The van der Waals surface area contributed by atoms with E-state index in [2.05, 4.69) is 9.88 Å². The highest BCUT2D eigenvalue weighted by molar-refractivity contribution is 6.10. The summed E-state index contributed by atoms with van der Waals surface area (Å²) in [5.74, 6) is -0.737. The zero-order valence-corrected chi connectivity index (χ0v) is 17.2. The Labute approximate surface area is 180 Å². The minimum Gasteiger partial charge on any atom is -0.367 e. The number of anilines is 1. The van der Waals surface area contributed by atoms with Crippen LogP contribution in [0.3, 0.4) is 0 Å². The summed E-state index contributed by atoms with van der Waals surface area (Å²) in [6.45, 7) is 4.17. The molecule has 0 atom stereocenters. The highest BCUT2D eigenvalue weighted by Crippen LogP contribution is 2.23. The second kappa shape index (κ2) is 10.3. The van der Waals surface area contributed by atoms with Gasteiger partial charge in [0.25, 0.3) is 5.91 Å². The van der Waals surface area contributed by atoms with Crippen LogP contribution in [-0.4, -0.2) is 58.9 Å². The number of nitrogens with zero attached hydrogens (tertiary/aromatic N) is 3. The average Bonchev–Trinajstić information content (AvgIpc) is 2.81. The van der Waals surface area contributed by atoms with Crippen molar-refractivity contribution in [1.82, 2.24) is 15.4 Å². The number of carbonyl (C=O) groups excluding carboxylic acids is 3. The van der Waals surface area contributed by atoms with Gasteiger partial charge in [0.1, 0.15) is 0 Å². The summed E-state index contributed by atoms with van der Waals surface area (Å²) in [5.41, 5.74) is 4.03. The Bertz CT molecular complexity index is 1020. The number of hydrogen-bond acceptors (Lipinski definition) is 6. The Morgan fingerprint density at radius 1 is 0.935 bits per heavy atom. The first kappa shape index (κ1) is 21.9. The molecule has 2 aromatic rings. The zero-order valence-electron chi connectivity index (χ0n) is 17.2. The van der Waals surface area contributed by atoms with Crippen LogP contribution in [-0.2, 0) is 9.59 Å². The van der Waals surface area contributed by atoms with Gasteiger partial charge < -0.3 is 9.80 Å². The molecule has 1 aliphatic rings. The van der Waals surface area contributed by atoms with Gasteiger partial charge in [-0.3, -0.25) is 19.6 Å². The van der Waals surface area contributed by atoms with Gasteiger partial charge in [0.15, 0.2) is 5.78 Å². The van der Waals surface area contributed by atoms with Crippen molar-refractivity contribution < 1.29 is 19.6 Å². The van der Waals surface area contributed by atoms with Gasteiger partial charge in [-0.25, -0.2) is 10.5 Å². The van der Waals surface area contributed by atoms with Crippen molar-refractivity contribution in [3.05, 3.63) is 71.6 Å². The van der Waals surface area contributed by atoms with Crippen LogP contribution in [0.1, 0.15) is 28.7 Å². The summed E-state index contributed by atoms with van der Waals surface area (Å²) in [4.78, 5) is 43.8. The van der Waals surface area contributed by atoms with Crippen molar-refractivity contribution in [2.75, 3.05) is 31.1 Å². The number of para-hydroxylation sites is 1. The van der Waals surface area contributed by atoms with Crippen LogP contribution in [0.15, 0.2) is 54.6 Å². The number of amides is 2. The number of rotatable bonds is 6. The molecule has 31 heavy (non-hydrogen) atoms. The van der Waals surface area contributed by atoms with E-state index in [-0.39, 0.29) is 11.7 Å². The highest BCUT2D eigenvalue weighted by atomic mass is 16.5. The maximum Gasteiger partial charge on any atom is 0.267 e. The van der Waals surface area contributed by atoms with E-state index >= 15 is 0 Å². The van der Waals surface area contributed by atoms with Gasteiger partial charge in [-0.1, -0.05) is 18.2 Å². The molecule has 0 saturated carbocycles. The molecule has 8 heteroatoms. The number of piperazine rings is 1. The van der Waals surface area contributed by atoms with Gasteiger partial charge in [0, 0.05) is 50.4 Å². The van der Waals surface area contributed by atoms with Crippen molar-refractivity contribution in [2.45, 2.75) is 6.92 Å². The van der Waals surface area contributed by atoms with E-state index in [0.717, 1.165) is 11.8 Å². The third kappa shape index (κ3) is 5.86. The van der Waals surface area contributed by atoms with Crippen molar-refractivity contribution >= 4 is 35.4 Å². The lowest BCUT2D eigenvalue weighted by Crippen LogP contribution is -2.48. The van der Waals surface area contributed by atoms with Gasteiger partial charge in [-0.05, 0) is 42.5 Å². The van der Waals surface area contributed by atoms with Crippen molar-refractivity contribution in [2.24, 2.45) is 0 Å². The van der Waals surface area contributed by atoms with Crippen molar-refractivity contribution in [3.63, 3.8) is 0 Å². The fourth-order valence-corrected chi connectivity index (χ4v) is 3.32. The molecule has 160 valence electrons. The van der Waals surface area contributed by atoms with Gasteiger partial charge in [0.2, 0.25) is 5.91 Å². The number of allylic oxidation sites excluding steroid dienone is 1. The first-order chi connectivity index (χ1) is 15.0. The van der Waals surface area contributed by atoms with E-state index in [9.17, 15) is 14.4 Å². The molecule has 0 bridgehead atoms. The Morgan fingerprint density at radius 2 is 1.58 bits per heavy atom. The highest BCUT2D eigenvalue weighted by Gasteiger charge is 2.21. The number of ketones is 1. The molecule has 0 radical (unpaired) electrons. The smallest absolute Gasteiger partial charge is 0.267 e. The van der Waals surface area contributed by atoms with E-state index in [1.165, 1.54) is 17.6 Å². The van der Waals surface area contributed by atoms with Crippen molar-refractivity contribution in [3.8, 4) is 0 Å². The minimum absolute atomic E-state index is 0.0634. The summed E-state index contributed by atoms with van der Waals surface area (Å²) in [6, 6.07) is 12.6. The third-order valence-corrected chi connectivity index (χ3v) is 4.95. The molecule has 0 unspecified atom stereocenters. The van der Waals surface area contributed by atoms with Crippen LogP contribution in [0.5, 0.6) is 0 Å². The van der Waals surface area contributed by atoms with Gasteiger partial charge >= 0.3 is 0 Å². The molecule has 1 aliphatic heterocycles.